The predicted molar refractivity (Wildman–Crippen MR) is 106 cm³/mol. The third-order valence-corrected chi connectivity index (χ3v) is 5.12. The molecular formula is C21H24FN3O4. The van der Waals surface area contributed by atoms with E-state index in [1.54, 1.807) is 31.4 Å². The van der Waals surface area contributed by atoms with Gasteiger partial charge >= 0.3 is 0 Å². The Hall–Kier alpha value is -2.84. The van der Waals surface area contributed by atoms with E-state index >= 15 is 0 Å². The van der Waals surface area contributed by atoms with Gasteiger partial charge in [-0.1, -0.05) is 0 Å². The molecule has 0 aliphatic carbocycles. The zero-order chi connectivity index (χ0) is 20.2. The zero-order valence-corrected chi connectivity index (χ0v) is 16.3. The van der Waals surface area contributed by atoms with Crippen molar-refractivity contribution >= 4 is 11.6 Å². The minimum Gasteiger partial charge on any atom is -0.496 e. The number of nitrogens with one attached hydrogen (secondary N) is 1. The Morgan fingerprint density at radius 1 is 1.07 bits per heavy atom. The highest BCUT2D eigenvalue weighted by Gasteiger charge is 2.21. The molecule has 0 aromatic heterocycles. The molecule has 0 atom stereocenters. The van der Waals surface area contributed by atoms with Crippen LogP contribution in [0.4, 0.5) is 10.1 Å². The number of anilines is 1. The van der Waals surface area contributed by atoms with Gasteiger partial charge in [0.05, 0.1) is 13.7 Å². The Balaban J connectivity index is 1.25. The first-order chi connectivity index (χ1) is 14.1. The van der Waals surface area contributed by atoms with E-state index in [1.165, 1.54) is 12.1 Å². The van der Waals surface area contributed by atoms with Gasteiger partial charge in [-0.15, -0.1) is 0 Å². The second kappa shape index (κ2) is 8.67. The monoisotopic (exact) mass is 401 g/mol. The van der Waals surface area contributed by atoms with E-state index in [-0.39, 0.29) is 18.5 Å². The molecule has 1 N–H and O–H groups in total. The Labute approximate surface area is 168 Å². The molecule has 1 amide bonds. The number of halogens is 1. The molecule has 0 saturated carbocycles. The van der Waals surface area contributed by atoms with Crippen LogP contribution in [0.25, 0.3) is 0 Å². The van der Waals surface area contributed by atoms with Crippen LogP contribution in [0.2, 0.25) is 0 Å². The SMILES string of the molecule is COc1ccc(F)cc1CN1CCN(CC(=O)Nc2ccc3c(c2)OCO3)CC1. The van der Waals surface area contributed by atoms with Gasteiger partial charge in [-0.25, -0.2) is 4.39 Å². The highest BCUT2D eigenvalue weighted by molar-refractivity contribution is 5.92. The van der Waals surface area contributed by atoms with E-state index in [1.807, 2.05) is 0 Å². The van der Waals surface area contributed by atoms with Crippen LogP contribution in [-0.4, -0.2) is 62.3 Å². The van der Waals surface area contributed by atoms with Gasteiger partial charge in [-0.05, 0) is 30.3 Å². The third-order valence-electron chi connectivity index (χ3n) is 5.12. The van der Waals surface area contributed by atoms with Gasteiger partial charge in [0.1, 0.15) is 11.6 Å². The van der Waals surface area contributed by atoms with Crippen LogP contribution in [0.3, 0.4) is 0 Å². The molecule has 1 fully saturated rings. The molecule has 7 nitrogen and oxygen atoms in total. The fourth-order valence-corrected chi connectivity index (χ4v) is 3.60. The third kappa shape index (κ3) is 4.78. The van der Waals surface area contributed by atoms with E-state index in [0.717, 1.165) is 31.7 Å². The number of hydrogen-bond donors (Lipinski definition) is 1. The molecule has 8 heteroatoms. The van der Waals surface area contributed by atoms with E-state index < -0.39 is 0 Å². The Kier molecular flexibility index (Phi) is 5.82. The van der Waals surface area contributed by atoms with Crippen molar-refractivity contribution in [1.29, 1.82) is 0 Å². The van der Waals surface area contributed by atoms with Crippen molar-refractivity contribution in [1.82, 2.24) is 9.80 Å². The summed E-state index contributed by atoms with van der Waals surface area (Å²) in [6.45, 7) is 4.30. The highest BCUT2D eigenvalue weighted by Crippen LogP contribution is 2.34. The fraction of sp³-hybridized carbons (Fsp3) is 0.381. The lowest BCUT2D eigenvalue weighted by atomic mass is 10.1. The molecule has 2 aliphatic rings. The normalized spacial score (nSPS) is 16.6. The van der Waals surface area contributed by atoms with Crippen molar-refractivity contribution in [2.45, 2.75) is 6.54 Å². The zero-order valence-electron chi connectivity index (χ0n) is 16.3. The lowest BCUT2D eigenvalue weighted by Crippen LogP contribution is -2.48. The molecule has 2 aromatic rings. The second-order valence-corrected chi connectivity index (χ2v) is 7.12. The van der Waals surface area contributed by atoms with Crippen molar-refractivity contribution in [2.24, 2.45) is 0 Å². The molecule has 0 bridgehead atoms. The van der Waals surface area contributed by atoms with E-state index in [2.05, 4.69) is 15.1 Å². The lowest BCUT2D eigenvalue weighted by molar-refractivity contribution is -0.117. The first-order valence-electron chi connectivity index (χ1n) is 9.57. The Bertz CT molecular complexity index is 884. The number of methoxy groups -OCH3 is 1. The number of nitrogens with zero attached hydrogens (tertiary/aromatic N) is 2. The average molecular weight is 401 g/mol. The molecule has 0 radical (unpaired) electrons. The summed E-state index contributed by atoms with van der Waals surface area (Å²) in [5.41, 5.74) is 1.53. The quantitative estimate of drug-likeness (QED) is 0.802. The fourth-order valence-electron chi connectivity index (χ4n) is 3.60. The molecule has 1 saturated heterocycles. The molecule has 2 aliphatic heterocycles. The van der Waals surface area contributed by atoms with Crippen LogP contribution in [0.15, 0.2) is 36.4 Å². The van der Waals surface area contributed by atoms with Crippen molar-refractivity contribution in [3.63, 3.8) is 0 Å². The summed E-state index contributed by atoms with van der Waals surface area (Å²) in [6, 6.07) is 9.93. The van der Waals surface area contributed by atoms with Crippen molar-refractivity contribution < 1.29 is 23.4 Å². The summed E-state index contributed by atoms with van der Waals surface area (Å²) in [6.07, 6.45) is 0. The number of amides is 1. The molecule has 0 unspecified atom stereocenters. The number of benzene rings is 2. The average Bonchev–Trinajstić information content (AvgIpc) is 3.17. The number of rotatable bonds is 6. The minimum absolute atomic E-state index is 0.0656. The predicted octanol–water partition coefficient (Wildman–Crippen LogP) is 2.32. The highest BCUT2D eigenvalue weighted by atomic mass is 19.1. The van der Waals surface area contributed by atoms with E-state index in [0.29, 0.717) is 36.0 Å². The summed E-state index contributed by atoms with van der Waals surface area (Å²) < 4.78 is 29.5. The summed E-state index contributed by atoms with van der Waals surface area (Å²) >= 11 is 0. The van der Waals surface area contributed by atoms with Gasteiger partial charge in [0, 0.05) is 50.0 Å². The van der Waals surface area contributed by atoms with Gasteiger partial charge in [0.2, 0.25) is 12.7 Å². The standard InChI is InChI=1S/C21H24FN3O4/c1-27-18-4-2-16(22)10-15(18)12-24-6-8-25(9-7-24)13-21(26)23-17-3-5-19-20(11-17)29-14-28-19/h2-5,10-11H,6-9,12-14H2,1H3,(H,23,26). The maximum atomic E-state index is 13.6. The van der Waals surface area contributed by atoms with Crippen LogP contribution >= 0.6 is 0 Å². The van der Waals surface area contributed by atoms with Crippen LogP contribution in [0, 0.1) is 5.82 Å². The molecule has 4 rings (SSSR count). The van der Waals surface area contributed by atoms with Crippen molar-refractivity contribution in [3.05, 3.63) is 47.8 Å². The number of carbonyl (C=O) groups excluding carboxylic acids is 1. The largest absolute Gasteiger partial charge is 0.496 e. The Morgan fingerprint density at radius 3 is 2.62 bits per heavy atom. The maximum absolute atomic E-state index is 13.6. The maximum Gasteiger partial charge on any atom is 0.238 e. The van der Waals surface area contributed by atoms with Gasteiger partial charge in [0.25, 0.3) is 0 Å². The number of piperazine rings is 1. The van der Waals surface area contributed by atoms with Gasteiger partial charge in [-0.2, -0.15) is 0 Å². The Morgan fingerprint density at radius 2 is 1.83 bits per heavy atom. The summed E-state index contributed by atoms with van der Waals surface area (Å²) in [7, 11) is 1.59. The number of hydrogen-bond acceptors (Lipinski definition) is 6. The van der Waals surface area contributed by atoms with E-state index in [4.69, 9.17) is 14.2 Å². The molecular weight excluding hydrogens is 377 g/mol. The summed E-state index contributed by atoms with van der Waals surface area (Å²) in [4.78, 5) is 16.7. The first-order valence-corrected chi connectivity index (χ1v) is 9.57. The lowest BCUT2D eigenvalue weighted by Gasteiger charge is -2.34. The van der Waals surface area contributed by atoms with Gasteiger partial charge in [-0.3, -0.25) is 14.6 Å². The number of ether oxygens (including phenoxy) is 3. The van der Waals surface area contributed by atoms with E-state index in [9.17, 15) is 9.18 Å². The van der Waals surface area contributed by atoms with Crippen molar-refractivity contribution in [2.75, 3.05) is 51.9 Å². The van der Waals surface area contributed by atoms with Crippen LogP contribution in [0.5, 0.6) is 17.2 Å². The first kappa shape index (κ1) is 19.5. The molecule has 2 aromatic carbocycles. The summed E-state index contributed by atoms with van der Waals surface area (Å²) in [5, 5.41) is 2.90. The van der Waals surface area contributed by atoms with Crippen LogP contribution < -0.4 is 19.5 Å². The topological polar surface area (TPSA) is 63.3 Å². The second-order valence-electron chi connectivity index (χ2n) is 7.12. The number of fused-ring (bicyclic) bond motifs is 1. The van der Waals surface area contributed by atoms with Crippen LogP contribution in [0.1, 0.15) is 5.56 Å². The molecule has 2 heterocycles. The summed E-state index contributed by atoms with van der Waals surface area (Å²) in [5.74, 6) is 1.69. The molecule has 29 heavy (non-hydrogen) atoms. The molecule has 154 valence electrons. The van der Waals surface area contributed by atoms with Gasteiger partial charge < -0.3 is 19.5 Å². The molecule has 0 spiro atoms. The smallest absolute Gasteiger partial charge is 0.238 e. The minimum atomic E-state index is -0.264. The van der Waals surface area contributed by atoms with Gasteiger partial charge in [0.15, 0.2) is 11.5 Å². The van der Waals surface area contributed by atoms with Crippen LogP contribution in [-0.2, 0) is 11.3 Å². The number of carbonyl (C=O) groups is 1. The van der Waals surface area contributed by atoms with Crippen molar-refractivity contribution in [3.8, 4) is 17.2 Å².